The molecule has 0 bridgehead atoms. The summed E-state index contributed by atoms with van der Waals surface area (Å²) in [6.07, 6.45) is 4.31. The maximum Gasteiger partial charge on any atom is 0.354 e. The lowest BCUT2D eigenvalue weighted by atomic mass is 10.3. The third-order valence-corrected chi connectivity index (χ3v) is 1.80. The van der Waals surface area contributed by atoms with Gasteiger partial charge in [0.2, 0.25) is 5.89 Å². The van der Waals surface area contributed by atoms with E-state index >= 15 is 0 Å². The van der Waals surface area contributed by atoms with Crippen molar-refractivity contribution in [3.05, 3.63) is 42.4 Å². The van der Waals surface area contributed by atoms with Crippen LogP contribution < -0.4 is 4.74 Å². The highest BCUT2D eigenvalue weighted by Gasteiger charge is 2.04. The van der Waals surface area contributed by atoms with Gasteiger partial charge in [-0.15, -0.1) is 0 Å². The van der Waals surface area contributed by atoms with Gasteiger partial charge in [-0.25, -0.2) is 14.8 Å². The van der Waals surface area contributed by atoms with Crippen LogP contribution in [0.25, 0.3) is 0 Å². The Balaban J connectivity index is 1.98. The molecule has 16 heavy (non-hydrogen) atoms. The lowest BCUT2D eigenvalue weighted by Crippen LogP contribution is -2.01. The van der Waals surface area contributed by atoms with E-state index in [1.807, 2.05) is 0 Å². The molecule has 6 heteroatoms. The van der Waals surface area contributed by atoms with Crippen LogP contribution in [0.5, 0.6) is 5.75 Å². The standard InChI is InChI=1S/C10H8N2O4/c13-10(14)8-2-1-7(5-12-8)16-6-9-11-3-4-15-9/h1-5H,6H2,(H,13,14). The molecule has 0 unspecified atom stereocenters. The molecule has 2 rings (SSSR count). The van der Waals surface area contributed by atoms with Crippen molar-refractivity contribution in [2.75, 3.05) is 0 Å². The Kier molecular flexibility index (Phi) is 2.81. The summed E-state index contributed by atoms with van der Waals surface area (Å²) in [5, 5.41) is 8.63. The predicted molar refractivity (Wildman–Crippen MR) is 52.0 cm³/mol. The van der Waals surface area contributed by atoms with Crippen LogP contribution in [0, 0.1) is 0 Å². The molecule has 6 nitrogen and oxygen atoms in total. The van der Waals surface area contributed by atoms with Crippen LogP contribution in [0.4, 0.5) is 0 Å². The molecule has 0 atom stereocenters. The molecule has 82 valence electrons. The van der Waals surface area contributed by atoms with Gasteiger partial charge in [-0.05, 0) is 12.1 Å². The van der Waals surface area contributed by atoms with E-state index in [0.717, 1.165) is 0 Å². The average molecular weight is 220 g/mol. The van der Waals surface area contributed by atoms with Gasteiger partial charge in [-0.3, -0.25) is 0 Å². The van der Waals surface area contributed by atoms with Gasteiger partial charge in [0.05, 0.1) is 12.4 Å². The second kappa shape index (κ2) is 4.43. The van der Waals surface area contributed by atoms with E-state index in [9.17, 15) is 4.79 Å². The van der Waals surface area contributed by atoms with Crippen molar-refractivity contribution in [1.29, 1.82) is 0 Å². The van der Waals surface area contributed by atoms with Crippen LogP contribution in [0.15, 0.2) is 35.2 Å². The molecule has 0 saturated carbocycles. The normalized spacial score (nSPS) is 10.0. The molecule has 2 aromatic heterocycles. The summed E-state index contributed by atoms with van der Waals surface area (Å²) in [5.74, 6) is -0.162. The number of rotatable bonds is 4. The Morgan fingerprint density at radius 2 is 2.31 bits per heavy atom. The fourth-order valence-electron chi connectivity index (χ4n) is 1.06. The van der Waals surface area contributed by atoms with E-state index in [4.69, 9.17) is 14.3 Å². The number of ether oxygens (including phenoxy) is 1. The first-order valence-electron chi connectivity index (χ1n) is 4.46. The first-order chi connectivity index (χ1) is 7.75. The molecule has 0 aliphatic carbocycles. The maximum atomic E-state index is 10.5. The van der Waals surface area contributed by atoms with Gasteiger partial charge >= 0.3 is 5.97 Å². The van der Waals surface area contributed by atoms with E-state index in [2.05, 4.69) is 9.97 Å². The van der Waals surface area contributed by atoms with Crippen LogP contribution in [-0.4, -0.2) is 21.0 Å². The third kappa shape index (κ3) is 2.35. The lowest BCUT2D eigenvalue weighted by Gasteiger charge is -2.02. The fourth-order valence-corrected chi connectivity index (χ4v) is 1.06. The summed E-state index contributed by atoms with van der Waals surface area (Å²) in [7, 11) is 0. The van der Waals surface area contributed by atoms with Crippen LogP contribution in [0.2, 0.25) is 0 Å². The highest BCUT2D eigenvalue weighted by Crippen LogP contribution is 2.11. The summed E-state index contributed by atoms with van der Waals surface area (Å²) >= 11 is 0. The summed E-state index contributed by atoms with van der Waals surface area (Å²) < 4.78 is 10.2. The summed E-state index contributed by atoms with van der Waals surface area (Å²) in [6, 6.07) is 2.90. The molecule has 0 spiro atoms. The minimum atomic E-state index is -1.07. The number of hydrogen-bond acceptors (Lipinski definition) is 5. The number of carboxylic acid groups (broad SMARTS) is 1. The highest BCUT2D eigenvalue weighted by atomic mass is 16.5. The van der Waals surface area contributed by atoms with E-state index in [1.54, 1.807) is 0 Å². The Morgan fingerprint density at radius 1 is 1.44 bits per heavy atom. The van der Waals surface area contributed by atoms with Gasteiger partial charge in [0, 0.05) is 0 Å². The molecule has 0 aliphatic rings. The number of oxazole rings is 1. The van der Waals surface area contributed by atoms with Crippen molar-refractivity contribution in [3.8, 4) is 5.75 Å². The summed E-state index contributed by atoms with van der Waals surface area (Å²) in [4.78, 5) is 18.1. The van der Waals surface area contributed by atoms with E-state index < -0.39 is 5.97 Å². The van der Waals surface area contributed by atoms with Gasteiger partial charge in [0.1, 0.15) is 17.7 Å². The van der Waals surface area contributed by atoms with Crippen molar-refractivity contribution in [2.45, 2.75) is 6.61 Å². The van der Waals surface area contributed by atoms with Crippen LogP contribution in [0.1, 0.15) is 16.4 Å². The van der Waals surface area contributed by atoms with E-state index in [-0.39, 0.29) is 12.3 Å². The monoisotopic (exact) mass is 220 g/mol. The predicted octanol–water partition coefficient (Wildman–Crippen LogP) is 1.35. The van der Waals surface area contributed by atoms with Gasteiger partial charge in [0.15, 0.2) is 6.61 Å². The maximum absolute atomic E-state index is 10.5. The number of pyridine rings is 1. The molecule has 0 aliphatic heterocycles. The fraction of sp³-hybridized carbons (Fsp3) is 0.100. The SMILES string of the molecule is O=C(O)c1ccc(OCc2ncco2)cn1. The van der Waals surface area contributed by atoms with Crippen LogP contribution in [-0.2, 0) is 6.61 Å². The number of carbonyl (C=O) groups is 1. The zero-order chi connectivity index (χ0) is 11.4. The number of aromatic nitrogens is 2. The molecule has 1 N–H and O–H groups in total. The average Bonchev–Trinajstić information content (AvgIpc) is 2.80. The molecule has 0 amide bonds. The molecule has 0 fully saturated rings. The van der Waals surface area contributed by atoms with Crippen molar-refractivity contribution >= 4 is 5.97 Å². The second-order valence-corrected chi connectivity index (χ2v) is 2.90. The zero-order valence-corrected chi connectivity index (χ0v) is 8.16. The summed E-state index contributed by atoms with van der Waals surface area (Å²) in [6.45, 7) is 0.182. The van der Waals surface area contributed by atoms with E-state index in [0.29, 0.717) is 11.6 Å². The highest BCUT2D eigenvalue weighted by molar-refractivity contribution is 5.85. The van der Waals surface area contributed by atoms with Crippen LogP contribution >= 0.6 is 0 Å². The smallest absolute Gasteiger partial charge is 0.354 e. The lowest BCUT2D eigenvalue weighted by molar-refractivity contribution is 0.0690. The topological polar surface area (TPSA) is 85.5 Å². The number of hydrogen-bond donors (Lipinski definition) is 1. The Bertz CT molecular complexity index is 464. The van der Waals surface area contributed by atoms with Gasteiger partial charge in [-0.2, -0.15) is 0 Å². The molecule has 0 saturated heterocycles. The molecule has 2 heterocycles. The van der Waals surface area contributed by atoms with Crippen molar-refractivity contribution < 1.29 is 19.1 Å². The Morgan fingerprint density at radius 3 is 2.88 bits per heavy atom. The minimum Gasteiger partial charge on any atom is -0.482 e. The Hall–Kier alpha value is -2.37. The second-order valence-electron chi connectivity index (χ2n) is 2.90. The van der Waals surface area contributed by atoms with Crippen molar-refractivity contribution in [2.24, 2.45) is 0 Å². The Labute approximate surface area is 90.5 Å². The van der Waals surface area contributed by atoms with Gasteiger partial charge in [-0.1, -0.05) is 0 Å². The number of carboxylic acids is 1. The number of nitrogens with zero attached hydrogens (tertiary/aromatic N) is 2. The number of aromatic carboxylic acids is 1. The van der Waals surface area contributed by atoms with Gasteiger partial charge in [0.25, 0.3) is 0 Å². The quantitative estimate of drug-likeness (QED) is 0.836. The summed E-state index contributed by atoms with van der Waals surface area (Å²) in [5.41, 5.74) is -0.0246. The largest absolute Gasteiger partial charge is 0.482 e. The molecule has 2 aromatic rings. The molecular formula is C10H8N2O4. The first kappa shape index (κ1) is 10.2. The van der Waals surface area contributed by atoms with E-state index in [1.165, 1.54) is 30.8 Å². The molecule has 0 aromatic carbocycles. The van der Waals surface area contributed by atoms with Gasteiger partial charge < -0.3 is 14.3 Å². The zero-order valence-electron chi connectivity index (χ0n) is 8.16. The van der Waals surface area contributed by atoms with Crippen molar-refractivity contribution in [3.63, 3.8) is 0 Å². The first-order valence-corrected chi connectivity index (χ1v) is 4.46. The third-order valence-electron chi connectivity index (χ3n) is 1.80. The minimum absolute atomic E-state index is 0.0246. The molecule has 0 radical (unpaired) electrons. The van der Waals surface area contributed by atoms with Crippen molar-refractivity contribution in [1.82, 2.24) is 9.97 Å². The molecular weight excluding hydrogens is 212 g/mol. The van der Waals surface area contributed by atoms with Crippen LogP contribution in [0.3, 0.4) is 0 Å².